The molecular formula is C22H26N6. The van der Waals surface area contributed by atoms with Crippen molar-refractivity contribution in [1.82, 2.24) is 24.9 Å². The number of aryl methyl sites for hydroxylation is 1. The minimum atomic E-state index is 0.522. The van der Waals surface area contributed by atoms with Gasteiger partial charge >= 0.3 is 0 Å². The summed E-state index contributed by atoms with van der Waals surface area (Å²) in [7, 11) is 1.96. The molecule has 28 heavy (non-hydrogen) atoms. The number of amidine groups is 1. The predicted molar refractivity (Wildman–Crippen MR) is 114 cm³/mol. The van der Waals surface area contributed by atoms with E-state index < -0.39 is 0 Å². The Labute approximate surface area is 165 Å². The molecule has 5 rings (SSSR count). The molecule has 0 bridgehead atoms. The van der Waals surface area contributed by atoms with E-state index in [9.17, 15) is 0 Å². The van der Waals surface area contributed by atoms with Crippen LogP contribution in [0, 0.1) is 0 Å². The summed E-state index contributed by atoms with van der Waals surface area (Å²) in [5.41, 5.74) is 5.71. The number of hydrogen-bond donors (Lipinski definition) is 1. The third kappa shape index (κ3) is 3.03. The second-order valence-electron chi connectivity index (χ2n) is 7.94. The van der Waals surface area contributed by atoms with Gasteiger partial charge in [0, 0.05) is 62.6 Å². The maximum atomic E-state index is 5.00. The van der Waals surface area contributed by atoms with Crippen LogP contribution in [-0.2, 0) is 7.05 Å². The lowest BCUT2D eigenvalue weighted by Crippen LogP contribution is -2.49. The zero-order chi connectivity index (χ0) is 19.3. The fraction of sp³-hybridized carbons (Fsp3) is 0.364. The molecule has 1 N–H and O–H groups in total. The largest absolute Gasteiger partial charge is 0.368 e. The van der Waals surface area contributed by atoms with Crippen LogP contribution >= 0.6 is 0 Å². The summed E-state index contributed by atoms with van der Waals surface area (Å²) in [6, 6.07) is 6.89. The second-order valence-corrected chi connectivity index (χ2v) is 7.94. The van der Waals surface area contributed by atoms with Gasteiger partial charge in [-0.2, -0.15) is 5.10 Å². The summed E-state index contributed by atoms with van der Waals surface area (Å²) < 4.78 is 1.86. The van der Waals surface area contributed by atoms with Gasteiger partial charge in [-0.3, -0.25) is 4.68 Å². The molecule has 0 saturated carbocycles. The van der Waals surface area contributed by atoms with Gasteiger partial charge in [-0.15, -0.1) is 0 Å². The van der Waals surface area contributed by atoms with E-state index in [1.165, 1.54) is 11.3 Å². The number of aromatic nitrogens is 2. The third-order valence-corrected chi connectivity index (χ3v) is 5.63. The number of nitrogens with zero attached hydrogens (tertiary/aromatic N) is 5. The number of allylic oxidation sites excluding steroid dienone is 1. The summed E-state index contributed by atoms with van der Waals surface area (Å²) in [6.45, 7) is 8.38. The molecule has 1 aromatic heterocycles. The van der Waals surface area contributed by atoms with E-state index in [2.05, 4.69) is 76.8 Å². The predicted octanol–water partition coefficient (Wildman–Crippen LogP) is 2.72. The quantitative estimate of drug-likeness (QED) is 0.878. The maximum absolute atomic E-state index is 5.00. The first-order valence-corrected chi connectivity index (χ1v) is 9.95. The molecule has 0 unspecified atom stereocenters. The molecule has 6 heteroatoms. The van der Waals surface area contributed by atoms with Crippen molar-refractivity contribution in [2.45, 2.75) is 19.9 Å². The van der Waals surface area contributed by atoms with E-state index in [1.807, 2.05) is 11.7 Å². The van der Waals surface area contributed by atoms with E-state index in [0.29, 0.717) is 6.04 Å². The summed E-state index contributed by atoms with van der Waals surface area (Å²) in [6.07, 6.45) is 8.80. The number of hydrogen-bond acceptors (Lipinski definition) is 5. The zero-order valence-electron chi connectivity index (χ0n) is 16.7. The minimum Gasteiger partial charge on any atom is -0.368 e. The van der Waals surface area contributed by atoms with Crippen molar-refractivity contribution in [1.29, 1.82) is 0 Å². The van der Waals surface area contributed by atoms with Crippen LogP contribution in [0.15, 0.2) is 59.0 Å². The lowest BCUT2D eigenvalue weighted by Gasteiger charge is -2.38. The highest BCUT2D eigenvalue weighted by Crippen LogP contribution is 2.28. The summed E-state index contributed by atoms with van der Waals surface area (Å²) in [5, 5.41) is 9.12. The van der Waals surface area contributed by atoms with E-state index in [0.717, 1.165) is 54.2 Å². The van der Waals surface area contributed by atoms with E-state index in [-0.39, 0.29) is 0 Å². The number of piperazine rings is 1. The molecule has 6 nitrogen and oxygen atoms in total. The van der Waals surface area contributed by atoms with E-state index >= 15 is 0 Å². The van der Waals surface area contributed by atoms with Crippen LogP contribution in [0.25, 0.3) is 16.6 Å². The summed E-state index contributed by atoms with van der Waals surface area (Å²) >= 11 is 0. The molecule has 1 atom stereocenters. The first-order valence-electron chi connectivity index (χ1n) is 9.95. The monoisotopic (exact) mass is 374 g/mol. The van der Waals surface area contributed by atoms with Crippen LogP contribution in [0.2, 0.25) is 0 Å². The van der Waals surface area contributed by atoms with Crippen molar-refractivity contribution in [2.24, 2.45) is 12.0 Å². The van der Waals surface area contributed by atoms with Crippen LogP contribution in [0.5, 0.6) is 0 Å². The number of rotatable bonds is 2. The fourth-order valence-electron chi connectivity index (χ4n) is 4.24. The molecule has 4 heterocycles. The van der Waals surface area contributed by atoms with Crippen LogP contribution < -0.4 is 5.32 Å². The maximum Gasteiger partial charge on any atom is 0.136 e. The highest BCUT2D eigenvalue weighted by Gasteiger charge is 2.25. The van der Waals surface area contributed by atoms with Crippen molar-refractivity contribution in [3.63, 3.8) is 0 Å². The molecule has 2 aromatic rings. The van der Waals surface area contributed by atoms with Crippen molar-refractivity contribution in [3.8, 4) is 0 Å². The van der Waals surface area contributed by atoms with Crippen LogP contribution in [0.1, 0.15) is 19.4 Å². The van der Waals surface area contributed by atoms with Gasteiger partial charge in [0.05, 0.1) is 16.9 Å². The molecule has 1 fully saturated rings. The van der Waals surface area contributed by atoms with Gasteiger partial charge in [-0.05, 0) is 43.7 Å². The van der Waals surface area contributed by atoms with Crippen LogP contribution in [0.3, 0.4) is 0 Å². The van der Waals surface area contributed by atoms with Crippen molar-refractivity contribution in [3.05, 3.63) is 59.6 Å². The summed E-state index contributed by atoms with van der Waals surface area (Å²) in [5.74, 6) is 1.05. The lowest BCUT2D eigenvalue weighted by atomic mass is 10.1. The standard InChI is InChI=1S/C22H26N6/c1-15-10-19(27-9-7-23-16(2)12-27)14-28-8-6-20(24-22(15)28)17-4-5-21-18(11-17)13-26(3)25-21/h4-6,10-11,13-14,16,23H,7-9,12H2,1-3H3/t16-/m1/s1. The number of benzene rings is 1. The first-order chi connectivity index (χ1) is 13.6. The summed E-state index contributed by atoms with van der Waals surface area (Å²) in [4.78, 5) is 9.73. The number of nitrogens with one attached hydrogen (secondary N) is 1. The van der Waals surface area contributed by atoms with Crippen molar-refractivity contribution < 1.29 is 0 Å². The molecule has 144 valence electrons. The molecule has 0 radical (unpaired) electrons. The molecule has 3 aliphatic heterocycles. The number of aliphatic imine (C=N–C) groups is 1. The Morgan fingerprint density at radius 1 is 1.25 bits per heavy atom. The van der Waals surface area contributed by atoms with Crippen LogP contribution in [-0.4, -0.2) is 57.6 Å². The Balaban J connectivity index is 1.42. The molecule has 3 aliphatic rings. The van der Waals surface area contributed by atoms with Gasteiger partial charge in [0.15, 0.2) is 0 Å². The highest BCUT2D eigenvalue weighted by molar-refractivity contribution is 6.04. The van der Waals surface area contributed by atoms with Gasteiger partial charge in [-0.1, -0.05) is 6.07 Å². The first kappa shape index (κ1) is 17.3. The Morgan fingerprint density at radius 3 is 3.00 bits per heavy atom. The molecule has 0 aliphatic carbocycles. The molecular weight excluding hydrogens is 348 g/mol. The van der Waals surface area contributed by atoms with Gasteiger partial charge in [0.25, 0.3) is 0 Å². The normalized spacial score (nSPS) is 22.5. The topological polar surface area (TPSA) is 48.7 Å². The Hall–Kier alpha value is -2.86. The number of fused-ring (bicyclic) bond motifs is 2. The third-order valence-electron chi connectivity index (χ3n) is 5.63. The Kier molecular flexibility index (Phi) is 4.09. The smallest absolute Gasteiger partial charge is 0.136 e. The Morgan fingerprint density at radius 2 is 2.14 bits per heavy atom. The molecule has 0 spiro atoms. The van der Waals surface area contributed by atoms with Crippen molar-refractivity contribution in [2.75, 3.05) is 26.2 Å². The molecule has 1 aromatic carbocycles. The zero-order valence-corrected chi connectivity index (χ0v) is 16.7. The minimum absolute atomic E-state index is 0.522. The molecule has 0 amide bonds. The van der Waals surface area contributed by atoms with Gasteiger partial charge in [0.2, 0.25) is 0 Å². The average Bonchev–Trinajstić information content (AvgIpc) is 3.07. The van der Waals surface area contributed by atoms with Gasteiger partial charge < -0.3 is 15.1 Å². The van der Waals surface area contributed by atoms with Gasteiger partial charge in [-0.25, -0.2) is 4.99 Å². The van der Waals surface area contributed by atoms with Crippen LogP contribution in [0.4, 0.5) is 0 Å². The SMILES string of the molecule is CC1=CC(N2CCN[C@H](C)C2)=CN2CC=C(c3ccc4nn(C)cc4c3)N=C12. The lowest BCUT2D eigenvalue weighted by molar-refractivity contribution is 0.258. The Bertz CT molecular complexity index is 1050. The van der Waals surface area contributed by atoms with E-state index in [4.69, 9.17) is 4.99 Å². The average molecular weight is 374 g/mol. The highest BCUT2D eigenvalue weighted by atomic mass is 15.3. The molecule has 1 saturated heterocycles. The van der Waals surface area contributed by atoms with E-state index in [1.54, 1.807) is 0 Å². The fourth-order valence-corrected chi connectivity index (χ4v) is 4.24. The second kappa shape index (κ2) is 6.63. The van der Waals surface area contributed by atoms with Crippen molar-refractivity contribution >= 4 is 22.4 Å². The van der Waals surface area contributed by atoms with Gasteiger partial charge in [0.1, 0.15) is 5.84 Å².